The summed E-state index contributed by atoms with van der Waals surface area (Å²) in [6, 6.07) is 4.93. The molecule has 0 fully saturated rings. The Morgan fingerprint density at radius 3 is 2.50 bits per heavy atom. The van der Waals surface area contributed by atoms with Gasteiger partial charge in [0.15, 0.2) is 0 Å². The average Bonchev–Trinajstić information content (AvgIpc) is 2.36. The summed E-state index contributed by atoms with van der Waals surface area (Å²) in [5.74, 6) is -0.416. The molecule has 3 N–H and O–H groups in total. The Morgan fingerprint density at radius 2 is 2.05 bits per heavy atom. The molecule has 1 atom stereocenters. The van der Waals surface area contributed by atoms with Crippen LogP contribution in [0, 0.1) is 0 Å². The largest absolute Gasteiger partial charge is 0.321 e. The topological polar surface area (TPSA) is 89.3 Å². The Labute approximate surface area is 119 Å². The van der Waals surface area contributed by atoms with Gasteiger partial charge in [-0.25, -0.2) is 13.6 Å². The summed E-state index contributed by atoms with van der Waals surface area (Å²) in [5.41, 5.74) is 1.09. The predicted molar refractivity (Wildman–Crippen MR) is 80.0 cm³/mol. The highest BCUT2D eigenvalue weighted by Gasteiger charge is 2.22. The molecular formula is C14H20N2O3S. The van der Waals surface area contributed by atoms with Gasteiger partial charge in [-0.1, -0.05) is 32.6 Å². The van der Waals surface area contributed by atoms with Gasteiger partial charge in [0.05, 0.1) is 5.69 Å². The minimum absolute atomic E-state index is 0.0185. The molecule has 20 heavy (non-hydrogen) atoms. The molecule has 0 saturated carbocycles. The van der Waals surface area contributed by atoms with Crippen LogP contribution < -0.4 is 10.5 Å². The first-order valence-corrected chi connectivity index (χ1v) is 7.85. The Morgan fingerprint density at radius 1 is 1.45 bits per heavy atom. The quantitative estimate of drug-likeness (QED) is 0.817. The van der Waals surface area contributed by atoms with Crippen LogP contribution in [-0.4, -0.2) is 14.3 Å². The highest BCUT2D eigenvalue weighted by atomic mass is 32.2. The number of primary sulfonamides is 1. The number of carbonyl (C=O) groups is 1. The van der Waals surface area contributed by atoms with Gasteiger partial charge in [0.1, 0.15) is 4.90 Å². The molecule has 0 aliphatic carbocycles. The van der Waals surface area contributed by atoms with Crippen molar-refractivity contribution < 1.29 is 13.2 Å². The standard InChI is InChI=1S/C14H20N2O3S/c1-5-10(4)11-7-6-8-12(13(11)20(15,18)19)16-14(17)9(2)3/h6-8,10H,2,5H2,1,3-4H3,(H,16,17)(H2,15,18,19). The Hall–Kier alpha value is -1.66. The number of rotatable bonds is 5. The molecule has 1 aromatic rings. The second kappa shape index (κ2) is 6.19. The van der Waals surface area contributed by atoms with Crippen LogP contribution >= 0.6 is 0 Å². The lowest BCUT2D eigenvalue weighted by molar-refractivity contribution is -0.112. The van der Waals surface area contributed by atoms with Crippen molar-refractivity contribution in [1.29, 1.82) is 0 Å². The van der Waals surface area contributed by atoms with Gasteiger partial charge in [-0.2, -0.15) is 0 Å². The van der Waals surface area contributed by atoms with Crippen LogP contribution in [-0.2, 0) is 14.8 Å². The number of benzene rings is 1. The molecule has 110 valence electrons. The van der Waals surface area contributed by atoms with Crippen molar-refractivity contribution >= 4 is 21.6 Å². The lowest BCUT2D eigenvalue weighted by Gasteiger charge is -2.17. The van der Waals surface area contributed by atoms with E-state index in [2.05, 4.69) is 11.9 Å². The van der Waals surface area contributed by atoms with E-state index in [1.165, 1.54) is 6.07 Å². The van der Waals surface area contributed by atoms with E-state index in [-0.39, 0.29) is 16.5 Å². The maximum Gasteiger partial charge on any atom is 0.250 e. The Kier molecular flexibility index (Phi) is 5.08. The van der Waals surface area contributed by atoms with Crippen molar-refractivity contribution in [2.24, 2.45) is 5.14 Å². The van der Waals surface area contributed by atoms with Gasteiger partial charge in [-0.3, -0.25) is 4.79 Å². The monoisotopic (exact) mass is 296 g/mol. The molecule has 1 unspecified atom stereocenters. The van der Waals surface area contributed by atoms with E-state index in [0.29, 0.717) is 11.1 Å². The zero-order chi connectivity index (χ0) is 15.5. The average molecular weight is 296 g/mol. The Balaban J connectivity index is 3.45. The van der Waals surface area contributed by atoms with Crippen molar-refractivity contribution in [3.05, 3.63) is 35.9 Å². The van der Waals surface area contributed by atoms with Crippen LogP contribution in [0.3, 0.4) is 0 Å². The summed E-state index contributed by atoms with van der Waals surface area (Å²) in [4.78, 5) is 11.7. The maximum atomic E-state index is 11.9. The van der Waals surface area contributed by atoms with Crippen LogP contribution in [0.4, 0.5) is 5.69 Å². The van der Waals surface area contributed by atoms with E-state index in [0.717, 1.165) is 6.42 Å². The van der Waals surface area contributed by atoms with Gasteiger partial charge in [0, 0.05) is 5.57 Å². The third-order valence-corrected chi connectivity index (χ3v) is 4.13. The molecule has 0 heterocycles. The molecule has 0 aliphatic heterocycles. The molecule has 6 heteroatoms. The molecular weight excluding hydrogens is 276 g/mol. The molecule has 0 spiro atoms. The Bertz CT molecular complexity index is 636. The van der Waals surface area contributed by atoms with Gasteiger partial charge >= 0.3 is 0 Å². The van der Waals surface area contributed by atoms with Gasteiger partial charge < -0.3 is 5.32 Å². The maximum absolute atomic E-state index is 11.9. The number of hydrogen-bond acceptors (Lipinski definition) is 3. The fraction of sp³-hybridized carbons (Fsp3) is 0.357. The first-order valence-electron chi connectivity index (χ1n) is 6.31. The van der Waals surface area contributed by atoms with E-state index in [1.54, 1.807) is 19.1 Å². The molecule has 1 amide bonds. The van der Waals surface area contributed by atoms with Gasteiger partial charge in [-0.05, 0) is 30.9 Å². The molecule has 1 aromatic carbocycles. The van der Waals surface area contributed by atoms with Crippen LogP contribution in [0.2, 0.25) is 0 Å². The van der Waals surface area contributed by atoms with Crippen molar-refractivity contribution in [1.82, 2.24) is 0 Å². The number of nitrogens with two attached hydrogens (primary N) is 1. The third kappa shape index (κ3) is 3.68. The second-order valence-corrected chi connectivity index (χ2v) is 6.31. The number of nitrogens with one attached hydrogen (secondary N) is 1. The zero-order valence-corrected chi connectivity index (χ0v) is 12.8. The number of sulfonamides is 1. The molecule has 1 rings (SSSR count). The molecule has 0 saturated heterocycles. The van der Waals surface area contributed by atoms with Crippen molar-refractivity contribution in [2.45, 2.75) is 38.0 Å². The first-order chi connectivity index (χ1) is 9.18. The van der Waals surface area contributed by atoms with Crippen LogP contribution in [0.5, 0.6) is 0 Å². The summed E-state index contributed by atoms with van der Waals surface area (Å²) in [7, 11) is -3.93. The zero-order valence-electron chi connectivity index (χ0n) is 11.9. The normalized spacial score (nSPS) is 12.8. The summed E-state index contributed by atoms with van der Waals surface area (Å²) >= 11 is 0. The number of amides is 1. The van der Waals surface area contributed by atoms with Crippen LogP contribution in [0.1, 0.15) is 38.7 Å². The van der Waals surface area contributed by atoms with E-state index in [9.17, 15) is 13.2 Å². The second-order valence-electron chi connectivity index (χ2n) is 4.81. The van der Waals surface area contributed by atoms with Gasteiger partial charge in [0.2, 0.25) is 10.0 Å². The van der Waals surface area contributed by atoms with Gasteiger partial charge in [-0.15, -0.1) is 0 Å². The summed E-state index contributed by atoms with van der Waals surface area (Å²) in [5, 5.41) is 7.84. The van der Waals surface area contributed by atoms with Crippen molar-refractivity contribution in [3.8, 4) is 0 Å². The number of anilines is 1. The van der Waals surface area contributed by atoms with Crippen LogP contribution in [0.25, 0.3) is 0 Å². The van der Waals surface area contributed by atoms with E-state index in [1.807, 2.05) is 13.8 Å². The fourth-order valence-corrected chi connectivity index (χ4v) is 2.83. The van der Waals surface area contributed by atoms with E-state index in [4.69, 9.17) is 5.14 Å². The van der Waals surface area contributed by atoms with Crippen LogP contribution in [0.15, 0.2) is 35.2 Å². The lowest BCUT2D eigenvalue weighted by Crippen LogP contribution is -2.20. The predicted octanol–water partition coefficient (Wildman–Crippen LogP) is 2.36. The number of hydrogen-bond donors (Lipinski definition) is 2. The number of carbonyl (C=O) groups excluding carboxylic acids is 1. The first kappa shape index (κ1) is 16.4. The molecule has 0 aromatic heterocycles. The highest BCUT2D eigenvalue weighted by Crippen LogP contribution is 2.31. The summed E-state index contributed by atoms with van der Waals surface area (Å²) in [6.07, 6.45) is 0.764. The fourth-order valence-electron chi connectivity index (χ4n) is 1.81. The third-order valence-electron chi connectivity index (χ3n) is 3.11. The minimum Gasteiger partial charge on any atom is -0.321 e. The van der Waals surface area contributed by atoms with Crippen molar-refractivity contribution in [3.63, 3.8) is 0 Å². The highest BCUT2D eigenvalue weighted by molar-refractivity contribution is 7.89. The lowest BCUT2D eigenvalue weighted by atomic mass is 9.98. The van der Waals surface area contributed by atoms with E-state index >= 15 is 0 Å². The summed E-state index contributed by atoms with van der Waals surface area (Å²) in [6.45, 7) is 8.94. The molecule has 5 nitrogen and oxygen atoms in total. The van der Waals surface area contributed by atoms with Crippen molar-refractivity contribution in [2.75, 3.05) is 5.32 Å². The summed E-state index contributed by atoms with van der Waals surface area (Å²) < 4.78 is 23.7. The molecule has 0 aliphatic rings. The SMILES string of the molecule is C=C(C)C(=O)Nc1cccc(C(C)CC)c1S(N)(=O)=O. The van der Waals surface area contributed by atoms with E-state index < -0.39 is 15.9 Å². The molecule has 0 bridgehead atoms. The smallest absolute Gasteiger partial charge is 0.250 e. The molecule has 0 radical (unpaired) electrons. The van der Waals surface area contributed by atoms with Gasteiger partial charge in [0.25, 0.3) is 5.91 Å². The minimum atomic E-state index is -3.93.